The van der Waals surface area contributed by atoms with Gasteiger partial charge in [0.15, 0.2) is 0 Å². The predicted octanol–water partition coefficient (Wildman–Crippen LogP) is 2.67. The van der Waals surface area contributed by atoms with Crippen molar-refractivity contribution in [2.45, 2.75) is 44.6 Å². The Labute approximate surface area is 86.3 Å². The molecule has 1 heteroatoms. The van der Waals surface area contributed by atoms with Crippen molar-refractivity contribution >= 4 is 0 Å². The fourth-order valence-electron chi connectivity index (χ4n) is 1.75. The second-order valence-electron chi connectivity index (χ2n) is 4.53. The van der Waals surface area contributed by atoms with Gasteiger partial charge in [-0.05, 0) is 43.2 Å². The molecule has 0 aliphatic heterocycles. The quantitative estimate of drug-likeness (QED) is 0.774. The Balaban J connectivity index is 1.89. The third kappa shape index (κ3) is 2.36. The molecule has 76 valence electrons. The van der Waals surface area contributed by atoms with E-state index in [1.54, 1.807) is 0 Å². The molecule has 0 atom stereocenters. The van der Waals surface area contributed by atoms with E-state index in [4.69, 9.17) is 5.73 Å². The minimum Gasteiger partial charge on any atom is -0.325 e. The molecule has 0 bridgehead atoms. The SMILES string of the molecule is CCc1ccc(CCC2(N)CC2)cc1. The Morgan fingerprint density at radius 1 is 1.14 bits per heavy atom. The molecule has 1 aromatic carbocycles. The number of rotatable bonds is 4. The fourth-order valence-corrected chi connectivity index (χ4v) is 1.75. The van der Waals surface area contributed by atoms with Crippen molar-refractivity contribution < 1.29 is 0 Å². The molecule has 0 saturated heterocycles. The number of hydrogen-bond donors (Lipinski definition) is 1. The first-order valence-corrected chi connectivity index (χ1v) is 5.58. The molecule has 1 saturated carbocycles. The lowest BCUT2D eigenvalue weighted by molar-refractivity contribution is 0.609. The van der Waals surface area contributed by atoms with Crippen LogP contribution in [0.15, 0.2) is 24.3 Å². The molecule has 0 aromatic heterocycles. The zero-order valence-electron chi connectivity index (χ0n) is 8.92. The predicted molar refractivity (Wildman–Crippen MR) is 60.3 cm³/mol. The van der Waals surface area contributed by atoms with Gasteiger partial charge in [-0.1, -0.05) is 31.2 Å². The summed E-state index contributed by atoms with van der Waals surface area (Å²) in [5, 5.41) is 0. The summed E-state index contributed by atoms with van der Waals surface area (Å²) in [4.78, 5) is 0. The summed E-state index contributed by atoms with van der Waals surface area (Å²) in [5.74, 6) is 0. The summed E-state index contributed by atoms with van der Waals surface area (Å²) in [6, 6.07) is 8.94. The third-order valence-corrected chi connectivity index (χ3v) is 3.24. The molecule has 1 aliphatic rings. The van der Waals surface area contributed by atoms with E-state index < -0.39 is 0 Å². The van der Waals surface area contributed by atoms with Crippen LogP contribution in [0.25, 0.3) is 0 Å². The van der Waals surface area contributed by atoms with E-state index in [1.165, 1.54) is 24.0 Å². The van der Waals surface area contributed by atoms with Crippen LogP contribution in [0.5, 0.6) is 0 Å². The summed E-state index contributed by atoms with van der Waals surface area (Å²) >= 11 is 0. The largest absolute Gasteiger partial charge is 0.325 e. The van der Waals surface area contributed by atoms with Crippen LogP contribution in [0.2, 0.25) is 0 Å². The van der Waals surface area contributed by atoms with E-state index in [1.807, 2.05) is 0 Å². The molecule has 1 aliphatic carbocycles. The molecule has 2 rings (SSSR count). The van der Waals surface area contributed by atoms with Gasteiger partial charge in [0.05, 0.1) is 0 Å². The molecular formula is C13H19N. The first-order chi connectivity index (χ1) is 6.72. The highest BCUT2D eigenvalue weighted by molar-refractivity contribution is 5.23. The fraction of sp³-hybridized carbons (Fsp3) is 0.538. The van der Waals surface area contributed by atoms with Gasteiger partial charge in [0, 0.05) is 5.54 Å². The highest BCUT2D eigenvalue weighted by Gasteiger charge is 2.37. The van der Waals surface area contributed by atoms with E-state index >= 15 is 0 Å². The van der Waals surface area contributed by atoms with Gasteiger partial charge in [-0.2, -0.15) is 0 Å². The van der Waals surface area contributed by atoms with Crippen LogP contribution in [-0.4, -0.2) is 5.54 Å². The lowest BCUT2D eigenvalue weighted by atomic mass is 10.0. The lowest BCUT2D eigenvalue weighted by Gasteiger charge is -2.08. The van der Waals surface area contributed by atoms with Gasteiger partial charge in [0.1, 0.15) is 0 Å². The lowest BCUT2D eigenvalue weighted by Crippen LogP contribution is -2.22. The summed E-state index contributed by atoms with van der Waals surface area (Å²) in [6.45, 7) is 2.19. The zero-order chi connectivity index (χ0) is 10.0. The minimum atomic E-state index is 0.198. The maximum Gasteiger partial charge on any atom is 0.0158 e. The average molecular weight is 189 g/mol. The second-order valence-corrected chi connectivity index (χ2v) is 4.53. The average Bonchev–Trinajstić information content (AvgIpc) is 2.95. The Kier molecular flexibility index (Phi) is 2.60. The Hall–Kier alpha value is -0.820. The number of aryl methyl sites for hydroxylation is 2. The number of nitrogens with two attached hydrogens (primary N) is 1. The first kappa shape index (κ1) is 9.72. The van der Waals surface area contributed by atoms with Crippen molar-refractivity contribution in [2.24, 2.45) is 5.73 Å². The van der Waals surface area contributed by atoms with Gasteiger partial charge >= 0.3 is 0 Å². The van der Waals surface area contributed by atoms with Crippen LogP contribution < -0.4 is 5.73 Å². The summed E-state index contributed by atoms with van der Waals surface area (Å²) < 4.78 is 0. The first-order valence-electron chi connectivity index (χ1n) is 5.58. The van der Waals surface area contributed by atoms with Crippen molar-refractivity contribution in [1.29, 1.82) is 0 Å². The molecule has 2 N–H and O–H groups in total. The molecule has 1 fully saturated rings. The molecule has 14 heavy (non-hydrogen) atoms. The highest BCUT2D eigenvalue weighted by atomic mass is 14.8. The third-order valence-electron chi connectivity index (χ3n) is 3.24. The number of hydrogen-bond acceptors (Lipinski definition) is 1. The molecule has 1 aromatic rings. The Morgan fingerprint density at radius 2 is 1.71 bits per heavy atom. The van der Waals surface area contributed by atoms with Crippen molar-refractivity contribution in [2.75, 3.05) is 0 Å². The van der Waals surface area contributed by atoms with Gasteiger partial charge in [-0.25, -0.2) is 0 Å². The van der Waals surface area contributed by atoms with E-state index in [-0.39, 0.29) is 5.54 Å². The molecule has 0 unspecified atom stereocenters. The molecule has 1 nitrogen and oxygen atoms in total. The van der Waals surface area contributed by atoms with E-state index in [9.17, 15) is 0 Å². The normalized spacial score (nSPS) is 18.1. The minimum absolute atomic E-state index is 0.198. The van der Waals surface area contributed by atoms with Crippen molar-refractivity contribution in [3.05, 3.63) is 35.4 Å². The smallest absolute Gasteiger partial charge is 0.0158 e. The molecular weight excluding hydrogens is 170 g/mol. The van der Waals surface area contributed by atoms with E-state index in [0.29, 0.717) is 0 Å². The number of benzene rings is 1. The molecule has 0 amide bonds. The van der Waals surface area contributed by atoms with Gasteiger partial charge in [0.2, 0.25) is 0 Å². The van der Waals surface area contributed by atoms with Crippen LogP contribution in [0.4, 0.5) is 0 Å². The summed E-state index contributed by atoms with van der Waals surface area (Å²) in [7, 11) is 0. The maximum absolute atomic E-state index is 6.05. The Morgan fingerprint density at radius 3 is 2.21 bits per heavy atom. The maximum atomic E-state index is 6.05. The van der Waals surface area contributed by atoms with Gasteiger partial charge < -0.3 is 5.73 Å². The Bertz CT molecular complexity index is 296. The van der Waals surface area contributed by atoms with Crippen molar-refractivity contribution in [3.63, 3.8) is 0 Å². The van der Waals surface area contributed by atoms with Crippen molar-refractivity contribution in [1.82, 2.24) is 0 Å². The van der Waals surface area contributed by atoms with Gasteiger partial charge in [0.25, 0.3) is 0 Å². The topological polar surface area (TPSA) is 26.0 Å². The zero-order valence-corrected chi connectivity index (χ0v) is 8.92. The second kappa shape index (κ2) is 3.74. The highest BCUT2D eigenvalue weighted by Crippen LogP contribution is 2.36. The van der Waals surface area contributed by atoms with Crippen LogP contribution in [0.1, 0.15) is 37.3 Å². The van der Waals surface area contributed by atoms with E-state index in [2.05, 4.69) is 31.2 Å². The van der Waals surface area contributed by atoms with E-state index in [0.717, 1.165) is 19.3 Å². The van der Waals surface area contributed by atoms with Crippen LogP contribution >= 0.6 is 0 Å². The van der Waals surface area contributed by atoms with Gasteiger partial charge in [-0.3, -0.25) is 0 Å². The monoisotopic (exact) mass is 189 g/mol. The summed E-state index contributed by atoms with van der Waals surface area (Å²) in [6.07, 6.45) is 5.86. The van der Waals surface area contributed by atoms with Crippen LogP contribution in [0, 0.1) is 0 Å². The standard InChI is InChI=1S/C13H19N/c1-2-11-3-5-12(6-4-11)7-8-13(14)9-10-13/h3-6H,2,7-10,14H2,1H3. The van der Waals surface area contributed by atoms with Crippen molar-refractivity contribution in [3.8, 4) is 0 Å². The molecule has 0 heterocycles. The van der Waals surface area contributed by atoms with Crippen LogP contribution in [0.3, 0.4) is 0 Å². The van der Waals surface area contributed by atoms with Gasteiger partial charge in [-0.15, -0.1) is 0 Å². The molecule has 0 spiro atoms. The van der Waals surface area contributed by atoms with Crippen LogP contribution in [-0.2, 0) is 12.8 Å². The summed E-state index contributed by atoms with van der Waals surface area (Å²) in [5.41, 5.74) is 9.10. The molecule has 0 radical (unpaired) electrons.